The van der Waals surface area contributed by atoms with Gasteiger partial charge in [-0.1, -0.05) is 6.92 Å². The number of hydrogen-bond donors (Lipinski definition) is 2. The lowest BCUT2D eigenvalue weighted by Crippen LogP contribution is -2.56. The third-order valence-electron chi connectivity index (χ3n) is 3.54. The van der Waals surface area contributed by atoms with Crippen LogP contribution >= 0.6 is 0 Å². The summed E-state index contributed by atoms with van der Waals surface area (Å²) >= 11 is 0. The maximum absolute atomic E-state index is 11.2. The number of nitrogens with zero attached hydrogens (tertiary/aromatic N) is 1. The molecule has 2 unspecified atom stereocenters. The number of methoxy groups -OCH3 is 1. The fourth-order valence-corrected chi connectivity index (χ4v) is 2.36. The number of ether oxygens (including phenoxy) is 1. The van der Waals surface area contributed by atoms with Gasteiger partial charge >= 0.3 is 5.97 Å². The topological polar surface area (TPSA) is 61.8 Å². The van der Waals surface area contributed by atoms with Gasteiger partial charge in [0.1, 0.15) is 5.54 Å². The van der Waals surface area contributed by atoms with Crippen LogP contribution in [0.4, 0.5) is 0 Å². The normalized spacial score (nSPS) is 24.8. The minimum Gasteiger partial charge on any atom is -0.480 e. The summed E-state index contributed by atoms with van der Waals surface area (Å²) in [6.45, 7) is 6.85. The van der Waals surface area contributed by atoms with Crippen molar-refractivity contribution in [2.24, 2.45) is 0 Å². The minimum absolute atomic E-state index is 0.182. The third-order valence-corrected chi connectivity index (χ3v) is 3.54. The van der Waals surface area contributed by atoms with Crippen LogP contribution in [-0.4, -0.2) is 60.9 Å². The molecule has 2 N–H and O–H groups in total. The summed E-state index contributed by atoms with van der Waals surface area (Å²) in [4.78, 5) is 13.6. The van der Waals surface area contributed by atoms with Crippen molar-refractivity contribution in [1.29, 1.82) is 0 Å². The molecule has 0 bridgehead atoms. The van der Waals surface area contributed by atoms with Gasteiger partial charge in [-0.25, -0.2) is 0 Å². The molecule has 1 fully saturated rings. The lowest BCUT2D eigenvalue weighted by molar-refractivity contribution is -0.146. The number of likely N-dealkylation sites (N-methyl/N-ethyl adjacent to an activating group) is 1. The van der Waals surface area contributed by atoms with Crippen molar-refractivity contribution in [3.05, 3.63) is 0 Å². The zero-order valence-corrected chi connectivity index (χ0v) is 11.0. The van der Waals surface area contributed by atoms with Crippen LogP contribution in [-0.2, 0) is 9.53 Å². The molecular formula is C12H24N2O3. The van der Waals surface area contributed by atoms with Gasteiger partial charge in [-0.15, -0.1) is 0 Å². The van der Waals surface area contributed by atoms with Crippen LogP contribution in [0.2, 0.25) is 0 Å². The van der Waals surface area contributed by atoms with Gasteiger partial charge in [0.2, 0.25) is 0 Å². The van der Waals surface area contributed by atoms with Crippen LogP contribution in [0.25, 0.3) is 0 Å². The third kappa shape index (κ3) is 3.66. The number of nitrogens with one attached hydrogen (secondary N) is 1. The molecule has 5 nitrogen and oxygen atoms in total. The molecule has 1 aliphatic heterocycles. The second-order valence-corrected chi connectivity index (χ2v) is 4.88. The number of rotatable bonds is 7. The Labute approximate surface area is 103 Å². The Hall–Kier alpha value is -0.650. The number of likely N-dealkylation sites (tertiary alicyclic amines) is 1. The van der Waals surface area contributed by atoms with Gasteiger partial charge in [-0.05, 0) is 32.9 Å². The van der Waals surface area contributed by atoms with Crippen molar-refractivity contribution in [3.63, 3.8) is 0 Å². The van der Waals surface area contributed by atoms with E-state index < -0.39 is 11.5 Å². The Morgan fingerprint density at radius 3 is 2.88 bits per heavy atom. The summed E-state index contributed by atoms with van der Waals surface area (Å²) in [6.07, 6.45) is 2.35. The van der Waals surface area contributed by atoms with E-state index in [-0.39, 0.29) is 6.61 Å². The smallest absolute Gasteiger partial charge is 0.326 e. The molecule has 0 radical (unpaired) electrons. The zero-order chi connectivity index (χ0) is 12.9. The quantitative estimate of drug-likeness (QED) is 0.685. The predicted octanol–water partition coefficient (Wildman–Crippen LogP) is 0.550. The number of aliphatic carboxylic acids is 1. The van der Waals surface area contributed by atoms with Gasteiger partial charge in [0.05, 0.1) is 6.61 Å². The van der Waals surface area contributed by atoms with Crippen molar-refractivity contribution >= 4 is 5.97 Å². The van der Waals surface area contributed by atoms with E-state index in [2.05, 4.69) is 17.1 Å². The summed E-state index contributed by atoms with van der Waals surface area (Å²) < 4.78 is 4.98. The molecule has 17 heavy (non-hydrogen) atoms. The predicted molar refractivity (Wildman–Crippen MR) is 66.2 cm³/mol. The van der Waals surface area contributed by atoms with Gasteiger partial charge in [-0.3, -0.25) is 15.0 Å². The van der Waals surface area contributed by atoms with Gasteiger partial charge in [0.25, 0.3) is 0 Å². The molecule has 0 aromatic heterocycles. The van der Waals surface area contributed by atoms with Gasteiger partial charge < -0.3 is 9.84 Å². The monoisotopic (exact) mass is 244 g/mol. The van der Waals surface area contributed by atoms with Crippen molar-refractivity contribution < 1.29 is 14.6 Å². The largest absolute Gasteiger partial charge is 0.480 e. The first kappa shape index (κ1) is 14.4. The van der Waals surface area contributed by atoms with Gasteiger partial charge in [0, 0.05) is 19.7 Å². The zero-order valence-electron chi connectivity index (χ0n) is 11.0. The van der Waals surface area contributed by atoms with Crippen molar-refractivity contribution in [1.82, 2.24) is 10.2 Å². The van der Waals surface area contributed by atoms with Crippen LogP contribution in [0.1, 0.15) is 26.7 Å². The SMILES string of the molecule is CCN1CCCC1CNC(C)(COC)C(=O)O. The molecule has 0 saturated carbocycles. The molecule has 1 aliphatic rings. The van der Waals surface area contributed by atoms with Crippen LogP contribution in [0, 0.1) is 0 Å². The van der Waals surface area contributed by atoms with E-state index >= 15 is 0 Å². The number of carbonyl (C=O) groups is 1. The number of carboxylic acids is 1. The maximum atomic E-state index is 11.2. The molecular weight excluding hydrogens is 220 g/mol. The second-order valence-electron chi connectivity index (χ2n) is 4.88. The van der Waals surface area contributed by atoms with Crippen molar-refractivity contribution in [2.45, 2.75) is 38.3 Å². The molecule has 0 amide bonds. The highest BCUT2D eigenvalue weighted by molar-refractivity contribution is 5.78. The second kappa shape index (κ2) is 6.33. The molecule has 0 aromatic rings. The summed E-state index contributed by atoms with van der Waals surface area (Å²) in [5.74, 6) is -0.861. The highest BCUT2D eigenvalue weighted by Gasteiger charge is 2.34. The molecule has 0 aliphatic carbocycles. The molecule has 1 rings (SSSR count). The van der Waals surface area contributed by atoms with Gasteiger partial charge in [0.15, 0.2) is 0 Å². The molecule has 0 spiro atoms. The summed E-state index contributed by atoms with van der Waals surface area (Å²) in [5, 5.41) is 12.3. The maximum Gasteiger partial charge on any atom is 0.326 e. The molecule has 100 valence electrons. The Kier molecular flexibility index (Phi) is 5.36. The average molecular weight is 244 g/mol. The van der Waals surface area contributed by atoms with Crippen molar-refractivity contribution in [3.8, 4) is 0 Å². The Morgan fingerprint density at radius 2 is 2.35 bits per heavy atom. The Balaban J connectivity index is 2.49. The fraction of sp³-hybridized carbons (Fsp3) is 0.917. The first-order valence-corrected chi connectivity index (χ1v) is 6.25. The lowest BCUT2D eigenvalue weighted by Gasteiger charge is -2.30. The molecule has 5 heteroatoms. The van der Waals surface area contributed by atoms with Crippen LogP contribution in [0.5, 0.6) is 0 Å². The lowest BCUT2D eigenvalue weighted by atomic mass is 10.0. The highest BCUT2D eigenvalue weighted by atomic mass is 16.5. The summed E-state index contributed by atoms with van der Waals surface area (Å²) in [6, 6.07) is 0.454. The first-order valence-electron chi connectivity index (χ1n) is 6.25. The minimum atomic E-state index is -0.989. The van der Waals surface area contributed by atoms with E-state index in [0.717, 1.165) is 19.5 Å². The van der Waals surface area contributed by atoms with Crippen LogP contribution in [0.3, 0.4) is 0 Å². The van der Waals surface area contributed by atoms with E-state index in [9.17, 15) is 9.90 Å². The van der Waals surface area contributed by atoms with E-state index in [1.807, 2.05) is 0 Å². The molecule has 1 saturated heterocycles. The molecule has 2 atom stereocenters. The van der Waals surface area contributed by atoms with Crippen LogP contribution < -0.4 is 5.32 Å². The van der Waals surface area contributed by atoms with E-state index in [4.69, 9.17) is 4.74 Å². The van der Waals surface area contributed by atoms with Crippen molar-refractivity contribution in [2.75, 3.05) is 33.4 Å². The van der Waals surface area contributed by atoms with E-state index in [0.29, 0.717) is 12.6 Å². The average Bonchev–Trinajstić information content (AvgIpc) is 2.74. The highest BCUT2D eigenvalue weighted by Crippen LogP contribution is 2.16. The Morgan fingerprint density at radius 1 is 1.65 bits per heavy atom. The van der Waals surface area contributed by atoms with E-state index in [1.54, 1.807) is 6.92 Å². The molecule has 0 aromatic carbocycles. The molecule has 1 heterocycles. The van der Waals surface area contributed by atoms with E-state index in [1.165, 1.54) is 13.5 Å². The Bertz CT molecular complexity index is 260. The van der Waals surface area contributed by atoms with Gasteiger partial charge in [-0.2, -0.15) is 0 Å². The number of carboxylic acid groups (broad SMARTS) is 1. The first-order chi connectivity index (χ1) is 8.03. The summed E-state index contributed by atoms with van der Waals surface area (Å²) in [5.41, 5.74) is -0.989. The standard InChI is InChI=1S/C12H24N2O3/c1-4-14-7-5-6-10(14)8-13-12(2,9-17-3)11(15)16/h10,13H,4-9H2,1-3H3,(H,15,16). The summed E-state index contributed by atoms with van der Waals surface area (Å²) in [7, 11) is 1.52. The van der Waals surface area contributed by atoms with Crippen LogP contribution in [0.15, 0.2) is 0 Å². The number of hydrogen-bond acceptors (Lipinski definition) is 4. The fourth-order valence-electron chi connectivity index (χ4n) is 2.36.